The summed E-state index contributed by atoms with van der Waals surface area (Å²) in [4.78, 5) is 33.1. The van der Waals surface area contributed by atoms with Crippen molar-refractivity contribution in [2.75, 3.05) is 5.32 Å². The number of aliphatic carboxylic acids is 1. The Balaban J connectivity index is 2.06. The van der Waals surface area contributed by atoms with E-state index < -0.39 is 22.5 Å². The van der Waals surface area contributed by atoms with Gasteiger partial charge in [-0.1, -0.05) is 0 Å². The lowest BCUT2D eigenvalue weighted by Crippen LogP contribution is -2.60. The number of halogens is 1. The molecular formula is C12H12BrN3O5. The minimum Gasteiger partial charge on any atom is -0.480 e. The number of nitro groups is 1. The van der Waals surface area contributed by atoms with Gasteiger partial charge in [-0.2, -0.15) is 0 Å². The Labute approximate surface area is 127 Å². The molecule has 21 heavy (non-hydrogen) atoms. The van der Waals surface area contributed by atoms with Gasteiger partial charge >= 0.3 is 12.0 Å². The number of rotatable bonds is 4. The number of nitro benzene ring substituents is 1. The summed E-state index contributed by atoms with van der Waals surface area (Å²) in [6.45, 7) is 0. The molecule has 1 aromatic carbocycles. The first-order valence-electron chi connectivity index (χ1n) is 6.10. The van der Waals surface area contributed by atoms with Crippen LogP contribution in [0.2, 0.25) is 0 Å². The van der Waals surface area contributed by atoms with Crippen LogP contribution in [0.4, 0.5) is 16.2 Å². The topological polar surface area (TPSA) is 122 Å². The highest BCUT2D eigenvalue weighted by atomic mass is 79.9. The molecule has 1 saturated carbocycles. The van der Waals surface area contributed by atoms with Crippen molar-refractivity contribution >= 4 is 39.3 Å². The van der Waals surface area contributed by atoms with E-state index in [4.69, 9.17) is 5.11 Å². The lowest BCUT2D eigenvalue weighted by atomic mass is 9.77. The Kier molecular flexibility index (Phi) is 4.12. The van der Waals surface area contributed by atoms with E-state index in [9.17, 15) is 19.7 Å². The summed E-state index contributed by atoms with van der Waals surface area (Å²) in [6, 6.07) is 3.21. The van der Waals surface area contributed by atoms with Gasteiger partial charge in [0.25, 0.3) is 5.69 Å². The molecule has 0 atom stereocenters. The number of benzene rings is 1. The molecule has 8 nitrogen and oxygen atoms in total. The fraction of sp³-hybridized carbons (Fsp3) is 0.333. The van der Waals surface area contributed by atoms with Crippen molar-refractivity contribution < 1.29 is 19.6 Å². The third-order valence-electron chi connectivity index (χ3n) is 3.38. The number of nitrogens with zero attached hydrogens (tertiary/aromatic N) is 1. The molecule has 1 aliphatic carbocycles. The van der Waals surface area contributed by atoms with Gasteiger partial charge in [0.1, 0.15) is 5.54 Å². The lowest BCUT2D eigenvalue weighted by Gasteiger charge is -2.38. The molecule has 2 rings (SSSR count). The first-order chi connectivity index (χ1) is 9.84. The van der Waals surface area contributed by atoms with Gasteiger partial charge in [-0.05, 0) is 41.3 Å². The molecule has 0 aliphatic heterocycles. The summed E-state index contributed by atoms with van der Waals surface area (Å²) in [5.41, 5.74) is -1.01. The second-order valence-corrected chi connectivity index (χ2v) is 5.60. The van der Waals surface area contributed by atoms with E-state index in [-0.39, 0.29) is 5.69 Å². The van der Waals surface area contributed by atoms with Crippen LogP contribution in [0.25, 0.3) is 0 Å². The Bertz CT molecular complexity index is 615. The van der Waals surface area contributed by atoms with Gasteiger partial charge in [0, 0.05) is 16.6 Å². The van der Waals surface area contributed by atoms with Crippen molar-refractivity contribution in [3.05, 3.63) is 32.8 Å². The van der Waals surface area contributed by atoms with Crippen molar-refractivity contribution in [1.29, 1.82) is 0 Å². The molecule has 0 heterocycles. The molecule has 0 saturated heterocycles. The normalized spacial score (nSPS) is 15.7. The SMILES string of the molecule is O=C(Nc1ccc([N+](=O)[O-])cc1Br)NC1(C(=O)O)CCC1. The summed E-state index contributed by atoms with van der Waals surface area (Å²) in [7, 11) is 0. The molecule has 0 bridgehead atoms. The number of carboxylic acids is 1. The number of carbonyl (C=O) groups excluding carboxylic acids is 1. The number of hydrogen-bond donors (Lipinski definition) is 3. The number of nitrogens with one attached hydrogen (secondary N) is 2. The summed E-state index contributed by atoms with van der Waals surface area (Å²) in [5.74, 6) is -1.06. The largest absolute Gasteiger partial charge is 0.480 e. The lowest BCUT2D eigenvalue weighted by molar-refractivity contribution is -0.384. The molecule has 0 unspecified atom stereocenters. The zero-order chi connectivity index (χ0) is 15.6. The number of non-ortho nitro benzene ring substituents is 1. The van der Waals surface area contributed by atoms with Crippen molar-refractivity contribution in [2.24, 2.45) is 0 Å². The number of anilines is 1. The smallest absolute Gasteiger partial charge is 0.329 e. The third kappa shape index (κ3) is 3.13. The van der Waals surface area contributed by atoms with E-state index in [0.717, 1.165) is 6.42 Å². The molecule has 0 radical (unpaired) electrons. The number of hydrogen-bond acceptors (Lipinski definition) is 4. The van der Waals surface area contributed by atoms with Crippen LogP contribution in [-0.4, -0.2) is 27.6 Å². The molecule has 1 aliphatic rings. The van der Waals surface area contributed by atoms with Gasteiger partial charge in [0.2, 0.25) is 0 Å². The Morgan fingerprint density at radius 1 is 1.38 bits per heavy atom. The molecule has 112 valence electrons. The monoisotopic (exact) mass is 357 g/mol. The van der Waals surface area contributed by atoms with Crippen LogP contribution in [0.3, 0.4) is 0 Å². The minimum atomic E-state index is -1.21. The van der Waals surface area contributed by atoms with Crippen LogP contribution in [0.1, 0.15) is 19.3 Å². The number of amides is 2. The standard InChI is InChI=1S/C12H12BrN3O5/c13-8-6-7(16(20)21)2-3-9(8)14-11(19)15-12(10(17)18)4-1-5-12/h2-3,6H,1,4-5H2,(H,17,18)(H2,14,15,19). The molecule has 0 aromatic heterocycles. The minimum absolute atomic E-state index is 0.117. The van der Waals surface area contributed by atoms with E-state index >= 15 is 0 Å². The summed E-state index contributed by atoms with van der Waals surface area (Å²) in [6.07, 6.45) is 1.52. The van der Waals surface area contributed by atoms with E-state index in [1.165, 1.54) is 18.2 Å². The quantitative estimate of drug-likeness (QED) is 0.564. The van der Waals surface area contributed by atoms with Crippen LogP contribution in [0.5, 0.6) is 0 Å². The number of carbonyl (C=O) groups is 2. The van der Waals surface area contributed by atoms with Gasteiger partial charge in [-0.3, -0.25) is 10.1 Å². The first-order valence-corrected chi connectivity index (χ1v) is 6.90. The molecule has 1 fully saturated rings. The fourth-order valence-electron chi connectivity index (χ4n) is 2.01. The molecule has 1 aromatic rings. The molecule has 0 spiro atoms. The first kappa shape index (κ1) is 15.2. The predicted molar refractivity (Wildman–Crippen MR) is 77.2 cm³/mol. The van der Waals surface area contributed by atoms with Gasteiger partial charge in [-0.25, -0.2) is 9.59 Å². The summed E-state index contributed by atoms with van der Waals surface area (Å²) < 4.78 is 0.338. The molecule has 9 heteroatoms. The fourth-order valence-corrected chi connectivity index (χ4v) is 2.48. The Hall–Kier alpha value is -2.16. The van der Waals surface area contributed by atoms with E-state index in [1.54, 1.807) is 0 Å². The highest BCUT2D eigenvalue weighted by Gasteiger charge is 2.45. The summed E-state index contributed by atoms with van der Waals surface area (Å²) in [5, 5.41) is 24.6. The molecule has 3 N–H and O–H groups in total. The maximum Gasteiger partial charge on any atom is 0.329 e. The van der Waals surface area contributed by atoms with Crippen LogP contribution in [0, 0.1) is 10.1 Å². The highest BCUT2D eigenvalue weighted by Crippen LogP contribution is 2.32. The van der Waals surface area contributed by atoms with Gasteiger partial charge in [0.05, 0.1) is 10.6 Å². The van der Waals surface area contributed by atoms with Crippen molar-refractivity contribution in [1.82, 2.24) is 5.32 Å². The van der Waals surface area contributed by atoms with Crippen molar-refractivity contribution in [3.63, 3.8) is 0 Å². The van der Waals surface area contributed by atoms with Crippen LogP contribution >= 0.6 is 15.9 Å². The Morgan fingerprint density at radius 3 is 2.48 bits per heavy atom. The number of urea groups is 1. The zero-order valence-corrected chi connectivity index (χ0v) is 12.3. The van der Waals surface area contributed by atoms with E-state index in [1.807, 2.05) is 0 Å². The maximum atomic E-state index is 11.9. The van der Waals surface area contributed by atoms with Crippen LogP contribution < -0.4 is 10.6 Å². The predicted octanol–water partition coefficient (Wildman–Crippen LogP) is 2.49. The second kappa shape index (κ2) is 5.68. The van der Waals surface area contributed by atoms with E-state index in [0.29, 0.717) is 23.0 Å². The summed E-state index contributed by atoms with van der Waals surface area (Å²) >= 11 is 3.12. The third-order valence-corrected chi connectivity index (χ3v) is 4.04. The average Bonchev–Trinajstić information content (AvgIpc) is 2.35. The Morgan fingerprint density at radius 2 is 2.05 bits per heavy atom. The van der Waals surface area contributed by atoms with Gasteiger partial charge < -0.3 is 15.7 Å². The second-order valence-electron chi connectivity index (χ2n) is 4.74. The molecule has 2 amide bonds. The average molecular weight is 358 g/mol. The van der Waals surface area contributed by atoms with Gasteiger partial charge in [0.15, 0.2) is 0 Å². The van der Waals surface area contributed by atoms with Crippen molar-refractivity contribution in [2.45, 2.75) is 24.8 Å². The molecular weight excluding hydrogens is 346 g/mol. The van der Waals surface area contributed by atoms with Crippen LogP contribution in [0.15, 0.2) is 22.7 Å². The van der Waals surface area contributed by atoms with Gasteiger partial charge in [-0.15, -0.1) is 0 Å². The highest BCUT2D eigenvalue weighted by molar-refractivity contribution is 9.10. The van der Waals surface area contributed by atoms with Crippen molar-refractivity contribution in [3.8, 4) is 0 Å². The number of carboxylic acid groups (broad SMARTS) is 1. The maximum absolute atomic E-state index is 11.9. The van der Waals surface area contributed by atoms with E-state index in [2.05, 4.69) is 26.6 Å². The zero-order valence-electron chi connectivity index (χ0n) is 10.8. The van der Waals surface area contributed by atoms with Crippen LogP contribution in [-0.2, 0) is 4.79 Å².